The molecule has 0 amide bonds. The van der Waals surface area contributed by atoms with Crippen LogP contribution in [-0.4, -0.2) is 10.7 Å². The Morgan fingerprint density at radius 1 is 0.757 bits per heavy atom. The number of rotatable bonds is 5. The zero-order valence-corrected chi connectivity index (χ0v) is 20.3. The summed E-state index contributed by atoms with van der Waals surface area (Å²) in [7, 11) is 0. The molecule has 0 spiro atoms. The van der Waals surface area contributed by atoms with E-state index in [0.717, 1.165) is 34.8 Å². The van der Waals surface area contributed by atoms with Crippen molar-refractivity contribution in [1.29, 1.82) is 0 Å². The summed E-state index contributed by atoms with van der Waals surface area (Å²) in [4.78, 5) is 0. The van der Waals surface area contributed by atoms with Gasteiger partial charge in [-0.05, 0) is 46.7 Å². The van der Waals surface area contributed by atoms with Gasteiger partial charge in [0, 0.05) is 23.1 Å². The lowest BCUT2D eigenvalue weighted by atomic mass is 9.93. The van der Waals surface area contributed by atoms with Gasteiger partial charge in [-0.25, -0.2) is 5.01 Å². The van der Waals surface area contributed by atoms with Gasteiger partial charge in [0.1, 0.15) is 18.1 Å². The van der Waals surface area contributed by atoms with Crippen molar-refractivity contribution < 1.29 is 9.47 Å². The summed E-state index contributed by atoms with van der Waals surface area (Å²) in [5.74, 6) is 1.76. The third-order valence-electron chi connectivity index (χ3n) is 7.21. The molecule has 2 aliphatic rings. The van der Waals surface area contributed by atoms with Crippen molar-refractivity contribution in [2.24, 2.45) is 5.10 Å². The Morgan fingerprint density at radius 3 is 2.41 bits per heavy atom. The first-order valence-corrected chi connectivity index (χ1v) is 12.7. The molecule has 0 radical (unpaired) electrons. The standard InChI is InChI=1S/C33H26N2O2/c1-2-9-23(10-3-1)22-36-26-19-17-25(18-20-26)33-35-31(29-14-6-7-16-32(29)37-33)21-30(34-35)28-15-8-12-24-11-4-5-13-27(24)28/h1-20,31,33H,21-22H2/t31-,33+/m0/s1. The minimum Gasteiger partial charge on any atom is -0.489 e. The summed E-state index contributed by atoms with van der Waals surface area (Å²) >= 11 is 0. The van der Waals surface area contributed by atoms with Gasteiger partial charge in [0.2, 0.25) is 6.23 Å². The Kier molecular flexibility index (Phi) is 5.36. The van der Waals surface area contributed by atoms with Crippen LogP contribution in [0.1, 0.15) is 40.9 Å². The predicted octanol–water partition coefficient (Wildman–Crippen LogP) is 7.66. The highest BCUT2D eigenvalue weighted by molar-refractivity contribution is 6.11. The average molecular weight is 483 g/mol. The molecule has 5 aromatic rings. The van der Waals surface area contributed by atoms with E-state index < -0.39 is 0 Å². The fourth-order valence-electron chi connectivity index (χ4n) is 5.36. The number of para-hydroxylation sites is 1. The Bertz CT molecular complexity index is 1590. The third kappa shape index (κ3) is 4.01. The molecule has 37 heavy (non-hydrogen) atoms. The van der Waals surface area contributed by atoms with Crippen LogP contribution in [0.5, 0.6) is 11.5 Å². The molecule has 0 unspecified atom stereocenters. The Morgan fingerprint density at radius 2 is 1.51 bits per heavy atom. The summed E-state index contributed by atoms with van der Waals surface area (Å²) in [6, 6.07) is 41.8. The second kappa shape index (κ2) is 9.14. The van der Waals surface area contributed by atoms with Crippen LogP contribution in [0.15, 0.2) is 126 Å². The number of hydrogen-bond donors (Lipinski definition) is 0. The molecule has 0 bridgehead atoms. The van der Waals surface area contributed by atoms with Crippen molar-refractivity contribution in [3.63, 3.8) is 0 Å². The molecule has 0 saturated heterocycles. The smallest absolute Gasteiger partial charge is 0.213 e. The van der Waals surface area contributed by atoms with E-state index in [1.165, 1.54) is 21.9 Å². The number of hydrogen-bond acceptors (Lipinski definition) is 4. The van der Waals surface area contributed by atoms with Crippen LogP contribution in [0.25, 0.3) is 10.8 Å². The number of fused-ring (bicyclic) bond motifs is 4. The van der Waals surface area contributed by atoms with Crippen LogP contribution in [0, 0.1) is 0 Å². The van der Waals surface area contributed by atoms with Crippen LogP contribution in [0.2, 0.25) is 0 Å². The molecule has 2 atom stereocenters. The molecule has 0 N–H and O–H groups in total. The number of nitrogens with zero attached hydrogens (tertiary/aromatic N) is 2. The molecule has 2 aliphatic heterocycles. The molecule has 0 aromatic heterocycles. The summed E-state index contributed by atoms with van der Waals surface area (Å²) in [5, 5.41) is 9.78. The largest absolute Gasteiger partial charge is 0.489 e. The highest BCUT2D eigenvalue weighted by atomic mass is 16.5. The number of hydrazone groups is 1. The normalized spacial score (nSPS) is 18.1. The van der Waals surface area contributed by atoms with E-state index >= 15 is 0 Å². The molecule has 4 nitrogen and oxygen atoms in total. The van der Waals surface area contributed by atoms with Gasteiger partial charge in [0.25, 0.3) is 0 Å². The van der Waals surface area contributed by atoms with Gasteiger partial charge in [-0.15, -0.1) is 0 Å². The molecular formula is C33H26N2O2. The summed E-state index contributed by atoms with van der Waals surface area (Å²) in [6.45, 7) is 0.542. The monoisotopic (exact) mass is 482 g/mol. The van der Waals surface area contributed by atoms with Crippen molar-refractivity contribution in [3.05, 3.63) is 144 Å². The fraction of sp³-hybridized carbons (Fsp3) is 0.121. The highest BCUT2D eigenvalue weighted by Crippen LogP contribution is 2.47. The van der Waals surface area contributed by atoms with Gasteiger partial charge in [-0.1, -0.05) is 91.0 Å². The second-order valence-electron chi connectivity index (χ2n) is 9.52. The Labute approximate surface area is 216 Å². The molecular weight excluding hydrogens is 456 g/mol. The lowest BCUT2D eigenvalue weighted by Gasteiger charge is -2.38. The number of benzene rings is 5. The topological polar surface area (TPSA) is 34.1 Å². The van der Waals surface area contributed by atoms with Crippen molar-refractivity contribution in [2.45, 2.75) is 25.3 Å². The summed E-state index contributed by atoms with van der Waals surface area (Å²) in [5.41, 5.74) is 5.66. The Balaban J connectivity index is 1.21. The molecule has 2 heterocycles. The van der Waals surface area contributed by atoms with Crippen LogP contribution in [0.4, 0.5) is 0 Å². The van der Waals surface area contributed by atoms with Crippen LogP contribution >= 0.6 is 0 Å². The van der Waals surface area contributed by atoms with E-state index in [9.17, 15) is 0 Å². The SMILES string of the molecule is c1ccc(COc2ccc([C@H]3Oc4ccccc4[C@@H]4CC(c5cccc6ccccc56)=NN34)cc2)cc1. The summed E-state index contributed by atoms with van der Waals surface area (Å²) < 4.78 is 12.6. The van der Waals surface area contributed by atoms with Crippen molar-refractivity contribution in [1.82, 2.24) is 5.01 Å². The van der Waals surface area contributed by atoms with Gasteiger partial charge < -0.3 is 9.47 Å². The average Bonchev–Trinajstić information content (AvgIpc) is 3.42. The van der Waals surface area contributed by atoms with Gasteiger partial charge in [-0.2, -0.15) is 5.10 Å². The van der Waals surface area contributed by atoms with E-state index in [2.05, 4.69) is 89.9 Å². The maximum atomic E-state index is 6.55. The molecule has 5 aromatic carbocycles. The Hall–Kier alpha value is -4.57. The first kappa shape index (κ1) is 21.7. The maximum absolute atomic E-state index is 6.55. The highest BCUT2D eigenvalue weighted by Gasteiger charge is 2.41. The molecule has 0 saturated carbocycles. The molecule has 180 valence electrons. The van der Waals surface area contributed by atoms with Crippen molar-refractivity contribution in [2.75, 3.05) is 0 Å². The molecule has 7 rings (SSSR count). The zero-order valence-electron chi connectivity index (χ0n) is 20.3. The second-order valence-corrected chi connectivity index (χ2v) is 9.52. The molecule has 4 heteroatoms. The van der Waals surface area contributed by atoms with Gasteiger partial charge in [0.15, 0.2) is 0 Å². The fourth-order valence-corrected chi connectivity index (χ4v) is 5.36. The van der Waals surface area contributed by atoms with Gasteiger partial charge >= 0.3 is 0 Å². The van der Waals surface area contributed by atoms with E-state index in [0.29, 0.717) is 6.61 Å². The number of ether oxygens (including phenoxy) is 2. The van der Waals surface area contributed by atoms with Crippen molar-refractivity contribution >= 4 is 16.5 Å². The van der Waals surface area contributed by atoms with E-state index in [1.807, 2.05) is 36.4 Å². The zero-order chi connectivity index (χ0) is 24.6. The predicted molar refractivity (Wildman–Crippen MR) is 147 cm³/mol. The minimum atomic E-state index is -0.310. The van der Waals surface area contributed by atoms with Gasteiger partial charge in [-0.3, -0.25) is 0 Å². The first-order chi connectivity index (χ1) is 18.3. The van der Waals surface area contributed by atoms with E-state index in [4.69, 9.17) is 14.6 Å². The first-order valence-electron chi connectivity index (χ1n) is 12.7. The molecule has 0 aliphatic carbocycles. The lowest BCUT2D eigenvalue weighted by Crippen LogP contribution is -2.33. The molecule has 0 fully saturated rings. The van der Waals surface area contributed by atoms with Crippen LogP contribution < -0.4 is 9.47 Å². The van der Waals surface area contributed by atoms with Gasteiger partial charge in [0.05, 0.1) is 11.8 Å². The minimum absolute atomic E-state index is 0.123. The van der Waals surface area contributed by atoms with E-state index in [1.54, 1.807) is 0 Å². The summed E-state index contributed by atoms with van der Waals surface area (Å²) in [6.07, 6.45) is 0.527. The third-order valence-corrected chi connectivity index (χ3v) is 7.21. The van der Waals surface area contributed by atoms with Crippen LogP contribution in [0.3, 0.4) is 0 Å². The lowest BCUT2D eigenvalue weighted by molar-refractivity contribution is -0.0190. The van der Waals surface area contributed by atoms with Crippen LogP contribution in [-0.2, 0) is 6.61 Å². The quantitative estimate of drug-likeness (QED) is 0.258. The van der Waals surface area contributed by atoms with E-state index in [-0.39, 0.29) is 12.3 Å². The maximum Gasteiger partial charge on any atom is 0.213 e. The van der Waals surface area contributed by atoms with Crippen molar-refractivity contribution in [3.8, 4) is 11.5 Å².